The minimum absolute atomic E-state index is 0.726. The first-order valence-electron chi connectivity index (χ1n) is 5.27. The maximum Gasteiger partial charge on any atom is 0.0110 e. The van der Waals surface area contributed by atoms with E-state index in [-0.39, 0.29) is 0 Å². The van der Waals surface area contributed by atoms with Crippen LogP contribution in [0.2, 0.25) is 0 Å². The van der Waals surface area contributed by atoms with E-state index >= 15 is 0 Å². The fraction of sp³-hybridized carbons (Fsp3) is 0.500. The van der Waals surface area contributed by atoms with Gasteiger partial charge in [-0.2, -0.15) is 0 Å². The molecular weight excluding hydrogens is 190 g/mol. The topological polar surface area (TPSA) is 26.0 Å². The van der Waals surface area contributed by atoms with Crippen molar-refractivity contribution >= 4 is 11.8 Å². The van der Waals surface area contributed by atoms with Crippen LogP contribution < -0.4 is 5.73 Å². The van der Waals surface area contributed by atoms with E-state index in [9.17, 15) is 0 Å². The van der Waals surface area contributed by atoms with Crippen molar-refractivity contribution in [2.75, 3.05) is 12.3 Å². The van der Waals surface area contributed by atoms with Crippen LogP contribution in [0.1, 0.15) is 30.4 Å². The molecule has 1 aliphatic rings. The van der Waals surface area contributed by atoms with Gasteiger partial charge in [-0.05, 0) is 42.5 Å². The molecule has 1 atom stereocenters. The fourth-order valence-electron chi connectivity index (χ4n) is 2.08. The molecule has 0 spiro atoms. The van der Waals surface area contributed by atoms with Gasteiger partial charge in [0.2, 0.25) is 0 Å². The first-order valence-corrected chi connectivity index (χ1v) is 6.26. The molecule has 1 unspecified atom stereocenters. The average Bonchev–Trinajstić information content (AvgIpc) is 2.58. The molecule has 0 saturated heterocycles. The smallest absolute Gasteiger partial charge is 0.0110 e. The van der Waals surface area contributed by atoms with Gasteiger partial charge in [-0.15, -0.1) is 11.8 Å². The van der Waals surface area contributed by atoms with E-state index < -0.39 is 0 Å². The maximum absolute atomic E-state index is 5.55. The molecule has 0 saturated carbocycles. The molecule has 2 rings (SSSR count). The van der Waals surface area contributed by atoms with Crippen molar-refractivity contribution in [2.24, 2.45) is 5.73 Å². The standard InChI is InChI=1S/C12H17NS/c1-9-8-14-11-6-2-4-10(12(9)11)5-3-7-13/h2,4,6,9H,3,5,7-8,13H2,1H3. The van der Waals surface area contributed by atoms with Gasteiger partial charge in [-0.3, -0.25) is 0 Å². The van der Waals surface area contributed by atoms with Crippen molar-refractivity contribution < 1.29 is 0 Å². The summed E-state index contributed by atoms with van der Waals surface area (Å²) in [7, 11) is 0. The Morgan fingerprint density at radius 2 is 2.36 bits per heavy atom. The molecule has 1 aromatic rings. The van der Waals surface area contributed by atoms with Gasteiger partial charge < -0.3 is 5.73 Å². The number of hydrogen-bond donors (Lipinski definition) is 1. The molecule has 1 heterocycles. The maximum atomic E-state index is 5.55. The van der Waals surface area contributed by atoms with E-state index in [0.717, 1.165) is 25.3 Å². The third kappa shape index (κ3) is 1.82. The Labute approximate surface area is 90.1 Å². The quantitative estimate of drug-likeness (QED) is 0.825. The first kappa shape index (κ1) is 10.1. The largest absolute Gasteiger partial charge is 0.330 e. The van der Waals surface area contributed by atoms with Crippen LogP contribution in [0.15, 0.2) is 23.1 Å². The van der Waals surface area contributed by atoms with Crippen molar-refractivity contribution in [1.82, 2.24) is 0 Å². The number of rotatable bonds is 3. The normalized spacial score (nSPS) is 19.7. The number of fused-ring (bicyclic) bond motifs is 1. The Morgan fingerprint density at radius 3 is 3.14 bits per heavy atom. The Kier molecular flexibility index (Phi) is 3.14. The summed E-state index contributed by atoms with van der Waals surface area (Å²) >= 11 is 1.99. The van der Waals surface area contributed by atoms with Gasteiger partial charge >= 0.3 is 0 Å². The second-order valence-corrected chi connectivity index (χ2v) is 5.00. The second kappa shape index (κ2) is 4.37. The Morgan fingerprint density at radius 1 is 1.50 bits per heavy atom. The summed E-state index contributed by atoms with van der Waals surface area (Å²) in [6.45, 7) is 3.12. The Hall–Kier alpha value is -0.470. The van der Waals surface area contributed by atoms with Gasteiger partial charge in [-0.1, -0.05) is 19.1 Å². The Balaban J connectivity index is 2.27. The number of thioether (sulfide) groups is 1. The molecule has 0 aromatic heterocycles. The van der Waals surface area contributed by atoms with Gasteiger partial charge in [0.15, 0.2) is 0 Å². The Bertz CT molecular complexity index is 322. The van der Waals surface area contributed by atoms with Crippen molar-refractivity contribution in [2.45, 2.75) is 30.6 Å². The van der Waals surface area contributed by atoms with Crippen LogP contribution >= 0.6 is 11.8 Å². The van der Waals surface area contributed by atoms with Crippen LogP contribution in [0, 0.1) is 0 Å². The molecule has 0 bridgehead atoms. The molecule has 0 radical (unpaired) electrons. The lowest BCUT2D eigenvalue weighted by molar-refractivity contribution is 0.793. The third-order valence-electron chi connectivity index (χ3n) is 2.79. The highest BCUT2D eigenvalue weighted by Crippen LogP contribution is 2.41. The molecule has 0 aliphatic carbocycles. The summed E-state index contributed by atoms with van der Waals surface area (Å²) in [4.78, 5) is 1.49. The first-order chi connectivity index (χ1) is 6.83. The van der Waals surface area contributed by atoms with Gasteiger partial charge in [0.25, 0.3) is 0 Å². The summed E-state index contributed by atoms with van der Waals surface area (Å²) < 4.78 is 0. The molecule has 0 fully saturated rings. The minimum Gasteiger partial charge on any atom is -0.330 e. The van der Waals surface area contributed by atoms with E-state index in [0.29, 0.717) is 0 Å². The van der Waals surface area contributed by atoms with E-state index in [1.807, 2.05) is 11.8 Å². The molecule has 14 heavy (non-hydrogen) atoms. The number of aryl methyl sites for hydroxylation is 1. The summed E-state index contributed by atoms with van der Waals surface area (Å²) in [6, 6.07) is 6.68. The van der Waals surface area contributed by atoms with Gasteiger partial charge in [0.05, 0.1) is 0 Å². The van der Waals surface area contributed by atoms with Crippen LogP contribution in [0.5, 0.6) is 0 Å². The number of hydrogen-bond acceptors (Lipinski definition) is 2. The highest BCUT2D eigenvalue weighted by molar-refractivity contribution is 7.99. The van der Waals surface area contributed by atoms with Gasteiger partial charge in [-0.25, -0.2) is 0 Å². The zero-order valence-electron chi connectivity index (χ0n) is 8.62. The average molecular weight is 207 g/mol. The highest BCUT2D eigenvalue weighted by Gasteiger charge is 2.21. The highest BCUT2D eigenvalue weighted by atomic mass is 32.2. The van der Waals surface area contributed by atoms with Crippen molar-refractivity contribution in [1.29, 1.82) is 0 Å². The van der Waals surface area contributed by atoms with Crippen molar-refractivity contribution in [3.63, 3.8) is 0 Å². The lowest BCUT2D eigenvalue weighted by Crippen LogP contribution is -2.03. The van der Waals surface area contributed by atoms with E-state index in [4.69, 9.17) is 5.73 Å². The van der Waals surface area contributed by atoms with Crippen LogP contribution in [-0.4, -0.2) is 12.3 Å². The molecule has 1 nitrogen and oxygen atoms in total. The predicted octanol–water partition coefficient (Wildman–Crippen LogP) is 2.79. The summed E-state index contributed by atoms with van der Waals surface area (Å²) in [5, 5.41) is 0. The van der Waals surface area contributed by atoms with Crippen molar-refractivity contribution in [3.8, 4) is 0 Å². The van der Waals surface area contributed by atoms with Gasteiger partial charge in [0, 0.05) is 10.6 Å². The summed E-state index contributed by atoms with van der Waals surface area (Å²) in [5.41, 5.74) is 8.66. The zero-order chi connectivity index (χ0) is 9.97. The number of benzene rings is 1. The van der Waals surface area contributed by atoms with Gasteiger partial charge in [0.1, 0.15) is 0 Å². The predicted molar refractivity (Wildman–Crippen MR) is 63.0 cm³/mol. The number of nitrogens with two attached hydrogens (primary N) is 1. The molecule has 76 valence electrons. The molecule has 1 aromatic carbocycles. The third-order valence-corrected chi connectivity index (χ3v) is 4.12. The molecular formula is C12H17NS. The lowest BCUT2D eigenvalue weighted by atomic mass is 9.95. The van der Waals surface area contributed by atoms with Crippen molar-refractivity contribution in [3.05, 3.63) is 29.3 Å². The second-order valence-electron chi connectivity index (χ2n) is 3.93. The lowest BCUT2D eigenvalue weighted by Gasteiger charge is -2.10. The fourth-order valence-corrected chi connectivity index (χ4v) is 3.34. The minimum atomic E-state index is 0.726. The van der Waals surface area contributed by atoms with Crippen LogP contribution in [0.3, 0.4) is 0 Å². The summed E-state index contributed by atoms with van der Waals surface area (Å²) in [6.07, 6.45) is 2.25. The monoisotopic (exact) mass is 207 g/mol. The van der Waals surface area contributed by atoms with E-state index in [1.54, 1.807) is 5.56 Å². The molecule has 2 N–H and O–H groups in total. The summed E-state index contributed by atoms with van der Waals surface area (Å²) in [5.74, 6) is 1.97. The molecule has 2 heteroatoms. The molecule has 0 amide bonds. The molecule has 1 aliphatic heterocycles. The van der Waals surface area contributed by atoms with Crippen LogP contribution in [-0.2, 0) is 6.42 Å². The van der Waals surface area contributed by atoms with Crippen LogP contribution in [0.25, 0.3) is 0 Å². The SMILES string of the molecule is CC1CSc2cccc(CCCN)c21. The van der Waals surface area contributed by atoms with E-state index in [2.05, 4.69) is 25.1 Å². The zero-order valence-corrected chi connectivity index (χ0v) is 9.44. The van der Waals surface area contributed by atoms with Crippen LogP contribution in [0.4, 0.5) is 0 Å². The van der Waals surface area contributed by atoms with E-state index in [1.165, 1.54) is 16.2 Å².